The van der Waals surface area contributed by atoms with Crippen LogP contribution in [0, 0.1) is 5.82 Å². The van der Waals surface area contributed by atoms with E-state index in [0.717, 1.165) is 5.56 Å². The summed E-state index contributed by atoms with van der Waals surface area (Å²) in [6, 6.07) is 14.0. The van der Waals surface area contributed by atoms with Gasteiger partial charge >= 0.3 is 5.97 Å². The zero-order chi connectivity index (χ0) is 18.8. The SMILES string of the molecule is CCCC(=O)OCC(O)CNc1ccc(OCc2ccccc2)c(F)c1. The summed E-state index contributed by atoms with van der Waals surface area (Å²) >= 11 is 0. The van der Waals surface area contributed by atoms with Crippen LogP contribution in [0.25, 0.3) is 0 Å². The Balaban J connectivity index is 1.78. The van der Waals surface area contributed by atoms with Crippen molar-refractivity contribution in [1.29, 1.82) is 0 Å². The number of halogens is 1. The molecule has 0 saturated carbocycles. The van der Waals surface area contributed by atoms with Gasteiger partial charge in [-0.2, -0.15) is 0 Å². The Morgan fingerprint density at radius 2 is 2.00 bits per heavy atom. The molecular weight excluding hydrogens is 337 g/mol. The number of aliphatic hydroxyl groups is 1. The molecule has 2 N–H and O–H groups in total. The summed E-state index contributed by atoms with van der Waals surface area (Å²) in [7, 11) is 0. The molecule has 0 spiro atoms. The first-order chi connectivity index (χ1) is 12.6. The van der Waals surface area contributed by atoms with Crippen LogP contribution >= 0.6 is 0 Å². The number of ether oxygens (including phenoxy) is 2. The third kappa shape index (κ3) is 6.72. The number of esters is 1. The van der Waals surface area contributed by atoms with Crippen molar-refractivity contribution in [3.63, 3.8) is 0 Å². The summed E-state index contributed by atoms with van der Waals surface area (Å²) in [4.78, 5) is 11.3. The average molecular weight is 361 g/mol. The zero-order valence-electron chi connectivity index (χ0n) is 14.8. The van der Waals surface area contributed by atoms with Crippen molar-refractivity contribution < 1.29 is 23.8 Å². The molecule has 2 aromatic carbocycles. The van der Waals surface area contributed by atoms with Crippen molar-refractivity contribution in [2.24, 2.45) is 0 Å². The molecule has 0 aliphatic carbocycles. The predicted octanol–water partition coefficient (Wildman–Crippen LogP) is 3.52. The van der Waals surface area contributed by atoms with Gasteiger partial charge in [0.05, 0.1) is 0 Å². The van der Waals surface area contributed by atoms with Crippen LogP contribution in [0.15, 0.2) is 48.5 Å². The van der Waals surface area contributed by atoms with Gasteiger partial charge in [-0.05, 0) is 24.1 Å². The standard InChI is InChI=1S/C20H24FNO4/c1-2-6-20(24)26-14-17(23)12-22-16-9-10-19(18(21)11-16)25-13-15-7-4-3-5-8-15/h3-5,7-11,17,22-23H,2,6,12-14H2,1H3. The molecule has 0 saturated heterocycles. The Hall–Kier alpha value is -2.60. The van der Waals surface area contributed by atoms with Gasteiger partial charge in [0.25, 0.3) is 0 Å². The molecule has 1 atom stereocenters. The molecule has 2 rings (SSSR count). The molecule has 140 valence electrons. The molecule has 0 radical (unpaired) electrons. The summed E-state index contributed by atoms with van der Waals surface area (Å²) in [6.45, 7) is 2.21. The lowest BCUT2D eigenvalue weighted by Crippen LogP contribution is -2.26. The van der Waals surface area contributed by atoms with Crippen molar-refractivity contribution >= 4 is 11.7 Å². The minimum absolute atomic E-state index is 0.0907. The van der Waals surface area contributed by atoms with E-state index in [9.17, 15) is 14.3 Å². The van der Waals surface area contributed by atoms with Gasteiger partial charge in [0.2, 0.25) is 0 Å². The van der Waals surface area contributed by atoms with Crippen LogP contribution in [0.1, 0.15) is 25.3 Å². The lowest BCUT2D eigenvalue weighted by molar-refractivity contribution is -0.146. The molecule has 0 aromatic heterocycles. The van der Waals surface area contributed by atoms with E-state index < -0.39 is 11.9 Å². The maximum atomic E-state index is 14.1. The van der Waals surface area contributed by atoms with Gasteiger partial charge in [-0.1, -0.05) is 37.3 Å². The molecule has 0 heterocycles. The van der Waals surface area contributed by atoms with Gasteiger partial charge in [0, 0.05) is 24.7 Å². The fraction of sp³-hybridized carbons (Fsp3) is 0.350. The van der Waals surface area contributed by atoms with Crippen molar-refractivity contribution in [3.05, 3.63) is 59.9 Å². The molecular formula is C20H24FNO4. The molecule has 26 heavy (non-hydrogen) atoms. The molecule has 0 aliphatic rings. The smallest absolute Gasteiger partial charge is 0.305 e. The highest BCUT2D eigenvalue weighted by molar-refractivity contribution is 5.69. The first-order valence-electron chi connectivity index (χ1n) is 8.62. The van der Waals surface area contributed by atoms with E-state index in [1.807, 2.05) is 37.3 Å². The third-order valence-electron chi connectivity index (χ3n) is 3.60. The maximum absolute atomic E-state index is 14.1. The van der Waals surface area contributed by atoms with E-state index in [0.29, 0.717) is 18.5 Å². The molecule has 0 amide bonds. The molecule has 0 fully saturated rings. The molecule has 6 heteroatoms. The number of aliphatic hydroxyl groups excluding tert-OH is 1. The molecule has 5 nitrogen and oxygen atoms in total. The van der Waals surface area contributed by atoms with Crippen LogP contribution in [0.3, 0.4) is 0 Å². The van der Waals surface area contributed by atoms with Gasteiger partial charge < -0.3 is 19.9 Å². The van der Waals surface area contributed by atoms with Gasteiger partial charge in [0.15, 0.2) is 11.6 Å². The monoisotopic (exact) mass is 361 g/mol. The highest BCUT2D eigenvalue weighted by atomic mass is 19.1. The third-order valence-corrected chi connectivity index (χ3v) is 3.60. The van der Waals surface area contributed by atoms with Gasteiger partial charge in [-0.3, -0.25) is 4.79 Å². The number of nitrogens with one attached hydrogen (secondary N) is 1. The molecule has 2 aromatic rings. The van der Waals surface area contributed by atoms with E-state index in [2.05, 4.69) is 5.32 Å². The topological polar surface area (TPSA) is 67.8 Å². The molecule has 0 aliphatic heterocycles. The van der Waals surface area contributed by atoms with Crippen molar-refractivity contribution in [2.45, 2.75) is 32.5 Å². The van der Waals surface area contributed by atoms with Crippen LogP contribution in [0.5, 0.6) is 5.75 Å². The minimum atomic E-state index is -0.868. The largest absolute Gasteiger partial charge is 0.486 e. The number of benzene rings is 2. The Labute approximate surface area is 152 Å². The fourth-order valence-electron chi connectivity index (χ4n) is 2.22. The quantitative estimate of drug-likeness (QED) is 0.634. The molecule has 1 unspecified atom stereocenters. The Kier molecular flexibility index (Phi) is 7.89. The second kappa shape index (κ2) is 10.4. The van der Waals surface area contributed by atoms with Crippen molar-refractivity contribution in [3.8, 4) is 5.75 Å². The van der Waals surface area contributed by atoms with Crippen LogP contribution < -0.4 is 10.1 Å². The van der Waals surface area contributed by atoms with E-state index >= 15 is 0 Å². The van der Waals surface area contributed by atoms with Crippen LogP contribution in [0.4, 0.5) is 10.1 Å². The van der Waals surface area contributed by atoms with Crippen LogP contribution in [-0.2, 0) is 16.1 Å². The number of carbonyl (C=O) groups excluding carboxylic acids is 1. The second-order valence-electron chi connectivity index (χ2n) is 5.89. The fourth-order valence-corrected chi connectivity index (χ4v) is 2.22. The Morgan fingerprint density at radius 1 is 1.23 bits per heavy atom. The normalized spacial score (nSPS) is 11.7. The summed E-state index contributed by atoms with van der Waals surface area (Å²) in [5, 5.41) is 12.7. The first kappa shape index (κ1) is 19.7. The van der Waals surface area contributed by atoms with Gasteiger partial charge in [-0.25, -0.2) is 4.39 Å². The lowest BCUT2D eigenvalue weighted by atomic mass is 10.2. The maximum Gasteiger partial charge on any atom is 0.305 e. The number of hydrogen-bond acceptors (Lipinski definition) is 5. The highest BCUT2D eigenvalue weighted by Gasteiger charge is 2.10. The Morgan fingerprint density at radius 3 is 2.69 bits per heavy atom. The number of carbonyl (C=O) groups is 1. The zero-order valence-corrected chi connectivity index (χ0v) is 14.8. The van der Waals surface area contributed by atoms with Crippen LogP contribution in [0.2, 0.25) is 0 Å². The predicted molar refractivity (Wildman–Crippen MR) is 97.5 cm³/mol. The minimum Gasteiger partial charge on any atom is -0.486 e. The first-order valence-corrected chi connectivity index (χ1v) is 8.62. The van der Waals surface area contributed by atoms with E-state index in [-0.39, 0.29) is 31.5 Å². The summed E-state index contributed by atoms with van der Waals surface area (Å²) in [5.74, 6) is -0.666. The number of anilines is 1. The van der Waals surface area contributed by atoms with E-state index in [1.54, 1.807) is 6.07 Å². The van der Waals surface area contributed by atoms with Crippen molar-refractivity contribution in [1.82, 2.24) is 0 Å². The summed E-state index contributed by atoms with van der Waals surface area (Å²) in [6.07, 6.45) is 0.161. The second-order valence-corrected chi connectivity index (χ2v) is 5.89. The summed E-state index contributed by atoms with van der Waals surface area (Å²) in [5.41, 5.74) is 1.46. The van der Waals surface area contributed by atoms with Crippen molar-refractivity contribution in [2.75, 3.05) is 18.5 Å². The highest BCUT2D eigenvalue weighted by Crippen LogP contribution is 2.22. The lowest BCUT2D eigenvalue weighted by Gasteiger charge is -2.14. The van der Waals surface area contributed by atoms with E-state index in [1.165, 1.54) is 12.1 Å². The van der Waals surface area contributed by atoms with Gasteiger partial charge in [0.1, 0.15) is 19.3 Å². The molecule has 0 bridgehead atoms. The average Bonchev–Trinajstić information content (AvgIpc) is 2.65. The summed E-state index contributed by atoms with van der Waals surface area (Å²) < 4.78 is 24.5. The Bertz CT molecular complexity index is 693. The number of rotatable bonds is 10. The van der Waals surface area contributed by atoms with Gasteiger partial charge in [-0.15, -0.1) is 0 Å². The number of hydrogen-bond donors (Lipinski definition) is 2. The van der Waals surface area contributed by atoms with Crippen LogP contribution in [-0.4, -0.2) is 30.3 Å². The van der Waals surface area contributed by atoms with E-state index in [4.69, 9.17) is 9.47 Å².